The van der Waals surface area contributed by atoms with Gasteiger partial charge in [-0.25, -0.2) is 8.78 Å². The van der Waals surface area contributed by atoms with Gasteiger partial charge in [-0.05, 0) is 54.5 Å². The molecule has 0 atom stereocenters. The molecule has 1 saturated heterocycles. The normalized spacial score (nSPS) is 17.5. The fraction of sp³-hybridized carbons (Fsp3) is 0.435. The Labute approximate surface area is 170 Å². The van der Waals surface area contributed by atoms with Crippen LogP contribution in [0.25, 0.3) is 0 Å². The second kappa shape index (κ2) is 8.49. The lowest BCUT2D eigenvalue weighted by atomic mass is 10.0. The average Bonchev–Trinajstić information content (AvgIpc) is 3.10. The highest BCUT2D eigenvalue weighted by Crippen LogP contribution is 2.33. The van der Waals surface area contributed by atoms with Crippen LogP contribution in [0.1, 0.15) is 29.5 Å². The molecular weight excluding hydrogens is 372 g/mol. The van der Waals surface area contributed by atoms with E-state index in [-0.39, 0.29) is 12.3 Å². The number of piperidine rings is 1. The van der Waals surface area contributed by atoms with E-state index in [0.717, 1.165) is 57.1 Å². The monoisotopic (exact) mass is 399 g/mol. The highest BCUT2D eigenvalue weighted by molar-refractivity contribution is 5.77. The Morgan fingerprint density at radius 2 is 1.86 bits per heavy atom. The number of rotatable bonds is 6. The van der Waals surface area contributed by atoms with Crippen molar-refractivity contribution in [3.05, 3.63) is 64.7 Å². The number of primary amides is 1. The van der Waals surface area contributed by atoms with Crippen molar-refractivity contribution in [2.24, 2.45) is 5.73 Å². The number of hydrogen-bond donors (Lipinski definition) is 1. The molecule has 0 aromatic heterocycles. The third-order valence-electron chi connectivity index (χ3n) is 6.17. The Bertz CT molecular complexity index is 894. The summed E-state index contributed by atoms with van der Waals surface area (Å²) in [7, 11) is 0. The van der Waals surface area contributed by atoms with Gasteiger partial charge in [-0.3, -0.25) is 4.79 Å². The second-order valence-corrected chi connectivity index (χ2v) is 8.11. The molecule has 0 aliphatic carbocycles. The molecule has 154 valence electrons. The van der Waals surface area contributed by atoms with E-state index in [0.29, 0.717) is 18.0 Å². The minimum atomic E-state index is -0.531. The molecule has 4 rings (SSSR count). The molecule has 2 aliphatic heterocycles. The zero-order chi connectivity index (χ0) is 20.4. The third kappa shape index (κ3) is 4.58. The van der Waals surface area contributed by atoms with E-state index in [1.807, 2.05) is 6.07 Å². The van der Waals surface area contributed by atoms with Crippen LogP contribution in [0.5, 0.6) is 0 Å². The van der Waals surface area contributed by atoms with Gasteiger partial charge in [0.25, 0.3) is 0 Å². The maximum Gasteiger partial charge on any atom is 0.221 e. The van der Waals surface area contributed by atoms with E-state index in [4.69, 9.17) is 5.73 Å². The molecular formula is C23H27F2N3O. The summed E-state index contributed by atoms with van der Waals surface area (Å²) >= 11 is 0. The Hall–Kier alpha value is -2.47. The van der Waals surface area contributed by atoms with Crippen molar-refractivity contribution in [3.8, 4) is 0 Å². The van der Waals surface area contributed by atoms with Crippen molar-refractivity contribution in [1.29, 1.82) is 0 Å². The number of carbonyl (C=O) groups is 1. The standard InChI is InChI=1S/C23H27F2N3O/c24-19-4-3-17(21(25)15-19)5-9-27-10-7-20(8-11-27)28-12-6-18-2-1-16(13-22(18)28)14-23(26)29/h1-4,13,15,20H,5-12,14H2,(H2,26,29). The van der Waals surface area contributed by atoms with Crippen LogP contribution < -0.4 is 10.6 Å². The predicted octanol–water partition coefficient (Wildman–Crippen LogP) is 3.06. The number of benzene rings is 2. The summed E-state index contributed by atoms with van der Waals surface area (Å²) in [5.74, 6) is -1.29. The molecule has 2 aliphatic rings. The Morgan fingerprint density at radius 3 is 2.59 bits per heavy atom. The lowest BCUT2D eigenvalue weighted by Gasteiger charge is -2.38. The quantitative estimate of drug-likeness (QED) is 0.812. The number of likely N-dealkylation sites (tertiary alicyclic amines) is 1. The van der Waals surface area contributed by atoms with Crippen molar-refractivity contribution >= 4 is 11.6 Å². The van der Waals surface area contributed by atoms with Crippen LogP contribution in [-0.2, 0) is 24.1 Å². The Balaban J connectivity index is 1.33. The first-order valence-corrected chi connectivity index (χ1v) is 10.3. The molecule has 0 bridgehead atoms. The van der Waals surface area contributed by atoms with Crippen LogP contribution in [0, 0.1) is 11.6 Å². The first kappa shape index (κ1) is 19.8. The minimum Gasteiger partial charge on any atom is -0.369 e. The maximum absolute atomic E-state index is 13.8. The molecule has 2 aromatic carbocycles. The molecule has 6 heteroatoms. The number of amides is 1. The van der Waals surface area contributed by atoms with Crippen LogP contribution in [0.3, 0.4) is 0 Å². The van der Waals surface area contributed by atoms with Crippen molar-refractivity contribution < 1.29 is 13.6 Å². The molecule has 0 unspecified atom stereocenters. The van der Waals surface area contributed by atoms with Crippen molar-refractivity contribution in [1.82, 2.24) is 4.90 Å². The van der Waals surface area contributed by atoms with Gasteiger partial charge < -0.3 is 15.5 Å². The largest absolute Gasteiger partial charge is 0.369 e. The van der Waals surface area contributed by atoms with Gasteiger partial charge in [0.05, 0.1) is 6.42 Å². The molecule has 2 N–H and O–H groups in total. The SMILES string of the molecule is NC(=O)Cc1ccc2c(c1)N(C1CCN(CCc3ccc(F)cc3F)CC1)CC2. The Morgan fingerprint density at radius 1 is 1.07 bits per heavy atom. The summed E-state index contributed by atoms with van der Waals surface area (Å²) in [6.45, 7) is 3.75. The number of carbonyl (C=O) groups excluding carboxylic acids is 1. The van der Waals surface area contributed by atoms with E-state index in [1.54, 1.807) is 6.07 Å². The number of hydrogen-bond acceptors (Lipinski definition) is 3. The summed E-state index contributed by atoms with van der Waals surface area (Å²) in [4.78, 5) is 16.1. The topological polar surface area (TPSA) is 49.6 Å². The maximum atomic E-state index is 13.8. The van der Waals surface area contributed by atoms with E-state index < -0.39 is 11.6 Å². The molecule has 4 nitrogen and oxygen atoms in total. The van der Waals surface area contributed by atoms with E-state index in [1.165, 1.54) is 17.3 Å². The number of fused-ring (bicyclic) bond motifs is 1. The third-order valence-corrected chi connectivity index (χ3v) is 6.17. The fourth-order valence-corrected chi connectivity index (χ4v) is 4.60. The summed E-state index contributed by atoms with van der Waals surface area (Å²) in [6.07, 6.45) is 4.03. The van der Waals surface area contributed by atoms with E-state index in [9.17, 15) is 13.6 Å². The van der Waals surface area contributed by atoms with Gasteiger partial charge in [-0.1, -0.05) is 18.2 Å². The molecule has 0 spiro atoms. The summed E-state index contributed by atoms with van der Waals surface area (Å²) in [5, 5.41) is 0. The highest BCUT2D eigenvalue weighted by Gasteiger charge is 2.29. The van der Waals surface area contributed by atoms with Crippen molar-refractivity contribution in [2.45, 2.75) is 38.1 Å². The fourth-order valence-electron chi connectivity index (χ4n) is 4.60. The molecule has 1 amide bonds. The van der Waals surface area contributed by atoms with Crippen LogP contribution in [0.4, 0.5) is 14.5 Å². The zero-order valence-corrected chi connectivity index (χ0v) is 16.5. The van der Waals surface area contributed by atoms with Gasteiger partial charge in [-0.15, -0.1) is 0 Å². The highest BCUT2D eigenvalue weighted by atomic mass is 19.1. The molecule has 2 heterocycles. The van der Waals surface area contributed by atoms with Crippen molar-refractivity contribution in [3.63, 3.8) is 0 Å². The predicted molar refractivity (Wildman–Crippen MR) is 110 cm³/mol. The van der Waals surface area contributed by atoms with Gasteiger partial charge in [0.1, 0.15) is 11.6 Å². The van der Waals surface area contributed by atoms with E-state index in [2.05, 4.69) is 21.9 Å². The second-order valence-electron chi connectivity index (χ2n) is 8.11. The molecule has 29 heavy (non-hydrogen) atoms. The molecule has 0 radical (unpaired) electrons. The molecule has 1 fully saturated rings. The zero-order valence-electron chi connectivity index (χ0n) is 16.5. The van der Waals surface area contributed by atoms with Gasteiger partial charge in [-0.2, -0.15) is 0 Å². The minimum absolute atomic E-state index is 0.277. The first-order chi connectivity index (χ1) is 14.0. The summed E-state index contributed by atoms with van der Waals surface area (Å²) < 4.78 is 26.9. The lowest BCUT2D eigenvalue weighted by molar-refractivity contribution is -0.117. The number of nitrogens with zero attached hydrogens (tertiary/aromatic N) is 2. The number of nitrogens with two attached hydrogens (primary N) is 1. The first-order valence-electron chi connectivity index (χ1n) is 10.3. The summed E-state index contributed by atoms with van der Waals surface area (Å²) in [5.41, 5.74) is 9.48. The number of halogens is 2. The Kier molecular flexibility index (Phi) is 5.81. The van der Waals surface area contributed by atoms with Crippen LogP contribution in [-0.4, -0.2) is 43.0 Å². The number of anilines is 1. The smallest absolute Gasteiger partial charge is 0.221 e. The van der Waals surface area contributed by atoms with Crippen LogP contribution in [0.15, 0.2) is 36.4 Å². The average molecular weight is 399 g/mol. The van der Waals surface area contributed by atoms with Gasteiger partial charge >= 0.3 is 0 Å². The molecule has 2 aromatic rings. The van der Waals surface area contributed by atoms with Crippen molar-refractivity contribution in [2.75, 3.05) is 31.1 Å². The van der Waals surface area contributed by atoms with Gasteiger partial charge in [0.2, 0.25) is 5.91 Å². The van der Waals surface area contributed by atoms with Gasteiger partial charge in [0, 0.05) is 44.0 Å². The van der Waals surface area contributed by atoms with Crippen LogP contribution in [0.2, 0.25) is 0 Å². The molecule has 0 saturated carbocycles. The lowest BCUT2D eigenvalue weighted by Crippen LogP contribution is -2.45. The van der Waals surface area contributed by atoms with E-state index >= 15 is 0 Å². The van der Waals surface area contributed by atoms with Gasteiger partial charge in [0.15, 0.2) is 0 Å². The summed E-state index contributed by atoms with van der Waals surface area (Å²) in [6, 6.07) is 10.6. The van der Waals surface area contributed by atoms with Crippen LogP contribution >= 0.6 is 0 Å².